The number of hydrogen-bond acceptors (Lipinski definition) is 5. The summed E-state index contributed by atoms with van der Waals surface area (Å²) in [4.78, 5) is 10.7. The Hall–Kier alpha value is -2.76. The maximum Gasteiger partial charge on any atom is 0.461 e. The van der Waals surface area contributed by atoms with Gasteiger partial charge in [-0.1, -0.05) is 0 Å². The summed E-state index contributed by atoms with van der Waals surface area (Å²) in [6.45, 7) is 1.74. The molecule has 0 aliphatic heterocycles. The molecule has 12 heteroatoms. The van der Waals surface area contributed by atoms with E-state index in [0.29, 0.717) is 17.0 Å². The molecule has 0 aliphatic rings. The van der Waals surface area contributed by atoms with E-state index >= 15 is 0 Å². The van der Waals surface area contributed by atoms with Gasteiger partial charge in [-0.05, 0) is 13.0 Å². The van der Waals surface area contributed by atoms with Gasteiger partial charge in [-0.2, -0.15) is 17.6 Å². The number of imidazole rings is 1. The van der Waals surface area contributed by atoms with Crippen molar-refractivity contribution >= 4 is 21.8 Å². The summed E-state index contributed by atoms with van der Waals surface area (Å²) >= 11 is 0. The van der Waals surface area contributed by atoms with Gasteiger partial charge in [0, 0.05) is 23.9 Å². The van der Waals surface area contributed by atoms with E-state index < -0.39 is 34.9 Å². The van der Waals surface area contributed by atoms with Gasteiger partial charge >= 0.3 is 12.5 Å². The molecule has 6 nitrogen and oxygen atoms in total. The third kappa shape index (κ3) is 4.31. The number of benzene rings is 1. The van der Waals surface area contributed by atoms with E-state index in [2.05, 4.69) is 19.7 Å². The monoisotopic (exact) mass is 435 g/mol. The van der Waals surface area contributed by atoms with Crippen molar-refractivity contribution in [2.45, 2.75) is 30.4 Å². The van der Waals surface area contributed by atoms with Crippen molar-refractivity contribution in [2.75, 3.05) is 7.11 Å². The average molecular weight is 435 g/mol. The minimum atomic E-state index is -4.87. The third-order valence-electron chi connectivity index (χ3n) is 3.98. The lowest BCUT2D eigenvalue weighted by Crippen LogP contribution is -2.33. The fraction of sp³-hybridized carbons (Fsp3) is 0.294. The fourth-order valence-corrected chi connectivity index (χ4v) is 3.58. The van der Waals surface area contributed by atoms with Crippen molar-refractivity contribution in [3.05, 3.63) is 41.5 Å². The topological polar surface area (TPSA) is 77.1 Å². The van der Waals surface area contributed by atoms with Crippen LogP contribution < -0.4 is 9.47 Å². The summed E-state index contributed by atoms with van der Waals surface area (Å²) in [7, 11) is -0.263. The number of alkyl halides is 4. The predicted molar refractivity (Wildman–Crippen MR) is 93.3 cm³/mol. The molecule has 29 heavy (non-hydrogen) atoms. The molecule has 1 aromatic carbocycles. The Morgan fingerprint density at radius 3 is 2.66 bits per heavy atom. The third-order valence-corrected chi connectivity index (χ3v) is 5.14. The highest BCUT2D eigenvalue weighted by Gasteiger charge is 2.44. The molecule has 0 spiro atoms. The molecule has 0 bridgehead atoms. The molecule has 2 aromatic heterocycles. The number of methoxy groups -OCH3 is 1. The molecule has 2 heterocycles. The Balaban J connectivity index is 1.89. The van der Waals surface area contributed by atoms with Crippen molar-refractivity contribution < 1.29 is 35.6 Å². The van der Waals surface area contributed by atoms with Crippen LogP contribution in [0, 0.1) is 12.7 Å². The van der Waals surface area contributed by atoms with Crippen LogP contribution in [0.25, 0.3) is 11.0 Å². The lowest BCUT2D eigenvalue weighted by molar-refractivity contribution is -0.254. The molecule has 0 radical (unpaired) electrons. The number of nitrogens with zero attached hydrogens (tertiary/aromatic N) is 2. The van der Waals surface area contributed by atoms with E-state index in [0.717, 1.165) is 12.1 Å². The van der Waals surface area contributed by atoms with Gasteiger partial charge in [-0.3, -0.25) is 9.19 Å². The van der Waals surface area contributed by atoms with Gasteiger partial charge in [0.05, 0.1) is 40.4 Å². The summed E-state index contributed by atoms with van der Waals surface area (Å²) in [5.74, 6) is -1.89. The predicted octanol–water partition coefficient (Wildman–Crippen LogP) is 3.96. The largest absolute Gasteiger partial charge is 0.496 e. The van der Waals surface area contributed by atoms with Crippen molar-refractivity contribution in [3.63, 3.8) is 0 Å². The number of H-pyrrole nitrogens is 1. The minimum absolute atomic E-state index is 0.0360. The molecular weight excluding hydrogens is 421 g/mol. The Labute approximate surface area is 163 Å². The molecule has 3 aromatic rings. The van der Waals surface area contributed by atoms with Crippen LogP contribution in [0.1, 0.15) is 11.3 Å². The number of nitrogens with one attached hydrogen (secondary N) is 1. The summed E-state index contributed by atoms with van der Waals surface area (Å²) < 4.78 is 86.2. The van der Waals surface area contributed by atoms with Crippen LogP contribution in [-0.4, -0.2) is 38.8 Å². The van der Waals surface area contributed by atoms with Crippen molar-refractivity contribution in [1.29, 1.82) is 0 Å². The smallest absolute Gasteiger partial charge is 0.461 e. The number of hydrogen-bond donors (Lipinski definition) is 1. The van der Waals surface area contributed by atoms with Crippen molar-refractivity contribution in [3.8, 4) is 11.5 Å². The van der Waals surface area contributed by atoms with Crippen LogP contribution >= 0.6 is 0 Å². The molecule has 1 N–H and O–H groups in total. The van der Waals surface area contributed by atoms with Gasteiger partial charge in [0.1, 0.15) is 5.75 Å². The van der Waals surface area contributed by atoms with Gasteiger partial charge in [-0.25, -0.2) is 9.37 Å². The maximum absolute atomic E-state index is 14.0. The summed E-state index contributed by atoms with van der Waals surface area (Å²) in [5, 5.41) is -0.0683. The van der Waals surface area contributed by atoms with Gasteiger partial charge in [0.25, 0.3) is 0 Å². The minimum Gasteiger partial charge on any atom is -0.496 e. The molecule has 1 unspecified atom stereocenters. The molecule has 0 aliphatic carbocycles. The molecule has 1 atom stereocenters. The second-order valence-electron chi connectivity index (χ2n) is 5.88. The number of ether oxygens (including phenoxy) is 2. The highest BCUT2D eigenvalue weighted by atomic mass is 32.2. The Kier molecular flexibility index (Phi) is 5.73. The van der Waals surface area contributed by atoms with Crippen LogP contribution in [0.15, 0.2) is 29.6 Å². The number of aromatic amines is 1. The van der Waals surface area contributed by atoms with E-state index in [-0.39, 0.29) is 21.9 Å². The first-order valence-corrected chi connectivity index (χ1v) is 9.35. The number of aromatic nitrogens is 3. The zero-order valence-corrected chi connectivity index (χ0v) is 15.8. The zero-order valence-electron chi connectivity index (χ0n) is 15.0. The standard InChI is InChI=1S/C17H14F5N3O3S/c1-8-12(23-4-3-13(8)27-2)7-29(26)16-24-10-5-9(18)14(6-11(10)25-16)28-17(21,22)15(19)20/h3-6,15H,7H2,1-2H3,(H,24,25). The quantitative estimate of drug-likeness (QED) is 0.569. The van der Waals surface area contributed by atoms with Gasteiger partial charge in [0.2, 0.25) is 0 Å². The van der Waals surface area contributed by atoms with E-state index in [1.165, 1.54) is 13.3 Å². The van der Waals surface area contributed by atoms with Crippen molar-refractivity contribution in [2.24, 2.45) is 0 Å². The molecule has 156 valence electrons. The van der Waals surface area contributed by atoms with Crippen LogP contribution in [-0.2, 0) is 16.6 Å². The number of halogens is 5. The summed E-state index contributed by atoms with van der Waals surface area (Å²) in [6, 6.07) is 3.12. The normalized spacial score (nSPS) is 13.1. The second-order valence-corrected chi connectivity index (χ2v) is 7.25. The SMILES string of the molecule is COc1ccnc(CS(=O)c2nc3cc(OC(F)(F)C(F)F)c(F)cc3[nH]2)c1C. The first-order valence-electron chi connectivity index (χ1n) is 8.03. The molecule has 0 fully saturated rings. The van der Waals surface area contributed by atoms with Crippen molar-refractivity contribution in [1.82, 2.24) is 15.0 Å². The Morgan fingerprint density at radius 1 is 1.28 bits per heavy atom. The van der Waals surface area contributed by atoms with E-state index in [1.807, 2.05) is 0 Å². The van der Waals surface area contributed by atoms with Gasteiger partial charge in [0.15, 0.2) is 16.7 Å². The first-order chi connectivity index (χ1) is 13.6. The number of pyridine rings is 1. The highest BCUT2D eigenvalue weighted by Crippen LogP contribution is 2.32. The van der Waals surface area contributed by atoms with Crippen LogP contribution in [0.4, 0.5) is 22.0 Å². The van der Waals surface area contributed by atoms with Gasteiger partial charge < -0.3 is 14.5 Å². The van der Waals surface area contributed by atoms with E-state index in [4.69, 9.17) is 4.74 Å². The summed E-state index contributed by atoms with van der Waals surface area (Å²) in [6.07, 6.45) is -7.52. The van der Waals surface area contributed by atoms with Gasteiger partial charge in [-0.15, -0.1) is 0 Å². The van der Waals surface area contributed by atoms with E-state index in [9.17, 15) is 26.2 Å². The molecule has 0 saturated heterocycles. The first kappa shape index (κ1) is 21.0. The second kappa shape index (κ2) is 7.93. The van der Waals surface area contributed by atoms with Crippen LogP contribution in [0.5, 0.6) is 11.5 Å². The maximum atomic E-state index is 14.0. The molecule has 0 amide bonds. The molecule has 3 rings (SSSR count). The average Bonchev–Trinajstić information content (AvgIpc) is 3.06. The van der Waals surface area contributed by atoms with Crippen LogP contribution in [0.2, 0.25) is 0 Å². The fourth-order valence-electron chi connectivity index (χ4n) is 2.48. The molecular formula is C17H14F5N3O3S. The van der Waals surface area contributed by atoms with Crippen LogP contribution in [0.3, 0.4) is 0 Å². The molecule has 0 saturated carbocycles. The van der Waals surface area contributed by atoms with E-state index in [1.54, 1.807) is 13.0 Å². The Morgan fingerprint density at radius 2 is 2.00 bits per heavy atom. The lowest BCUT2D eigenvalue weighted by Gasteiger charge is -2.16. The number of fused-ring (bicyclic) bond motifs is 1. The Bertz CT molecular complexity index is 1070. The lowest BCUT2D eigenvalue weighted by atomic mass is 10.2. The number of rotatable bonds is 7. The summed E-state index contributed by atoms with van der Waals surface area (Å²) in [5.41, 5.74) is 1.12. The highest BCUT2D eigenvalue weighted by molar-refractivity contribution is 7.84. The zero-order chi connectivity index (χ0) is 21.3.